The van der Waals surface area contributed by atoms with E-state index >= 15 is 0 Å². The van der Waals surface area contributed by atoms with Gasteiger partial charge in [-0.15, -0.1) is 0 Å². The van der Waals surface area contributed by atoms with E-state index in [1.54, 1.807) is 0 Å². The van der Waals surface area contributed by atoms with Gasteiger partial charge in [0.05, 0.1) is 4.47 Å². The first kappa shape index (κ1) is 22.8. The summed E-state index contributed by atoms with van der Waals surface area (Å²) in [5.41, 5.74) is 3.42. The van der Waals surface area contributed by atoms with E-state index < -0.39 is 5.91 Å². The number of nitriles is 1. The molecule has 156 valence electrons. The van der Waals surface area contributed by atoms with Crippen molar-refractivity contribution < 1.29 is 9.53 Å². The normalized spacial score (nSPS) is 11.0. The number of nitrogens with one attached hydrogen (secondary N) is 1. The Morgan fingerprint density at radius 2 is 1.77 bits per heavy atom. The van der Waals surface area contributed by atoms with Gasteiger partial charge in [-0.25, -0.2) is 0 Å². The number of carbonyl (C=O) groups excluding carboxylic acids is 1. The molecule has 1 N–H and O–H groups in total. The minimum atomic E-state index is -0.475. The van der Waals surface area contributed by atoms with Gasteiger partial charge < -0.3 is 10.1 Å². The summed E-state index contributed by atoms with van der Waals surface area (Å²) in [6.45, 7) is 2.43. The Morgan fingerprint density at radius 3 is 2.42 bits per heavy atom. The van der Waals surface area contributed by atoms with Crippen LogP contribution in [0.1, 0.15) is 23.6 Å². The molecule has 0 aromatic heterocycles. The van der Waals surface area contributed by atoms with E-state index in [9.17, 15) is 10.1 Å². The topological polar surface area (TPSA) is 62.1 Å². The fourth-order valence-corrected chi connectivity index (χ4v) is 4.27. The lowest BCUT2D eigenvalue weighted by atomic mass is 10.1. The summed E-state index contributed by atoms with van der Waals surface area (Å²) in [5, 5.41) is 12.4. The van der Waals surface area contributed by atoms with Crippen LogP contribution in [0.3, 0.4) is 0 Å². The number of hydrogen-bond donors (Lipinski definition) is 1. The number of benzene rings is 3. The SMILES string of the molecule is CCc1ccc(NC(=O)/C(C#N)=C/c2cc(Br)cc(Br)c2OCc2ccccc2)cc1. The summed E-state index contributed by atoms with van der Waals surface area (Å²) in [7, 11) is 0. The van der Waals surface area contributed by atoms with Gasteiger partial charge in [0.15, 0.2) is 0 Å². The number of nitrogens with zero attached hydrogens (tertiary/aromatic N) is 1. The first-order valence-corrected chi connectivity index (χ1v) is 11.3. The average Bonchev–Trinajstić information content (AvgIpc) is 2.77. The third-order valence-corrected chi connectivity index (χ3v) is 5.59. The van der Waals surface area contributed by atoms with Gasteiger partial charge in [-0.1, -0.05) is 65.3 Å². The minimum Gasteiger partial charge on any atom is -0.487 e. The highest BCUT2D eigenvalue weighted by Gasteiger charge is 2.14. The van der Waals surface area contributed by atoms with Gasteiger partial charge in [-0.3, -0.25) is 4.79 Å². The van der Waals surface area contributed by atoms with Crippen LogP contribution >= 0.6 is 31.9 Å². The predicted molar refractivity (Wildman–Crippen MR) is 131 cm³/mol. The van der Waals surface area contributed by atoms with Crippen LogP contribution in [-0.2, 0) is 17.8 Å². The molecule has 0 aliphatic heterocycles. The number of amides is 1. The molecule has 31 heavy (non-hydrogen) atoms. The van der Waals surface area contributed by atoms with Crippen molar-refractivity contribution in [3.63, 3.8) is 0 Å². The summed E-state index contributed by atoms with van der Waals surface area (Å²) >= 11 is 6.98. The maximum Gasteiger partial charge on any atom is 0.266 e. The average molecular weight is 540 g/mol. The highest BCUT2D eigenvalue weighted by molar-refractivity contribution is 9.11. The molecule has 1 amide bonds. The fraction of sp³-hybridized carbons (Fsp3) is 0.120. The summed E-state index contributed by atoms with van der Waals surface area (Å²) in [6.07, 6.45) is 2.45. The van der Waals surface area contributed by atoms with Gasteiger partial charge in [-0.2, -0.15) is 5.26 Å². The van der Waals surface area contributed by atoms with Gasteiger partial charge in [0.25, 0.3) is 5.91 Å². The number of anilines is 1. The highest BCUT2D eigenvalue weighted by Crippen LogP contribution is 2.35. The van der Waals surface area contributed by atoms with Crippen molar-refractivity contribution in [2.75, 3.05) is 5.32 Å². The predicted octanol–water partition coefficient (Wildman–Crippen LogP) is 6.90. The number of hydrogen-bond acceptors (Lipinski definition) is 3. The van der Waals surface area contributed by atoms with Crippen molar-refractivity contribution in [2.45, 2.75) is 20.0 Å². The molecule has 0 heterocycles. The fourth-order valence-electron chi connectivity index (χ4n) is 2.90. The lowest BCUT2D eigenvalue weighted by molar-refractivity contribution is -0.112. The van der Waals surface area contributed by atoms with Crippen LogP contribution in [-0.4, -0.2) is 5.91 Å². The van der Waals surface area contributed by atoms with Crippen LogP contribution in [0.2, 0.25) is 0 Å². The standard InChI is InChI=1S/C25H20Br2N2O2/c1-2-17-8-10-22(11-9-17)29-25(30)20(15-28)12-19-13-21(26)14-23(27)24(19)31-16-18-6-4-3-5-7-18/h3-14H,2,16H2,1H3,(H,29,30)/b20-12+. The van der Waals surface area contributed by atoms with E-state index in [0.29, 0.717) is 23.6 Å². The molecular formula is C25H20Br2N2O2. The van der Waals surface area contributed by atoms with E-state index in [2.05, 4.69) is 44.1 Å². The molecule has 3 rings (SSSR count). The highest BCUT2D eigenvalue weighted by atomic mass is 79.9. The number of carbonyl (C=O) groups is 1. The number of aryl methyl sites for hydroxylation is 1. The second-order valence-corrected chi connectivity index (χ2v) is 8.52. The van der Waals surface area contributed by atoms with Crippen molar-refractivity contribution in [3.8, 4) is 11.8 Å². The molecule has 0 bridgehead atoms. The van der Waals surface area contributed by atoms with Crippen LogP contribution < -0.4 is 10.1 Å². The van der Waals surface area contributed by atoms with E-state index in [0.717, 1.165) is 20.9 Å². The molecule has 0 saturated carbocycles. The Labute approximate surface area is 198 Å². The van der Waals surface area contributed by atoms with Gasteiger partial charge in [0, 0.05) is 15.7 Å². The Kier molecular flexibility index (Phi) is 8.05. The van der Waals surface area contributed by atoms with Crippen LogP contribution in [0.4, 0.5) is 5.69 Å². The quantitative estimate of drug-likeness (QED) is 0.262. The first-order chi connectivity index (χ1) is 15.0. The summed E-state index contributed by atoms with van der Waals surface area (Å²) < 4.78 is 7.54. The van der Waals surface area contributed by atoms with Crippen molar-refractivity contribution in [2.24, 2.45) is 0 Å². The minimum absolute atomic E-state index is 0.0193. The van der Waals surface area contributed by atoms with Gasteiger partial charge in [-0.05, 0) is 63.8 Å². The molecule has 0 aliphatic carbocycles. The second-order valence-electron chi connectivity index (χ2n) is 6.75. The van der Waals surface area contributed by atoms with E-state index in [4.69, 9.17) is 4.74 Å². The summed E-state index contributed by atoms with van der Waals surface area (Å²) in [5.74, 6) is 0.0803. The van der Waals surface area contributed by atoms with E-state index in [-0.39, 0.29) is 5.57 Å². The Bertz CT molecular complexity index is 1130. The van der Waals surface area contributed by atoms with Crippen molar-refractivity contribution >= 4 is 49.5 Å². The number of rotatable bonds is 7. The molecule has 6 heteroatoms. The molecule has 0 aliphatic rings. The maximum atomic E-state index is 12.7. The molecular weight excluding hydrogens is 520 g/mol. The summed E-state index contributed by atoms with van der Waals surface area (Å²) in [6, 6.07) is 23.0. The van der Waals surface area contributed by atoms with Crippen LogP contribution in [0.5, 0.6) is 5.75 Å². The number of halogens is 2. The van der Waals surface area contributed by atoms with Gasteiger partial charge in [0.2, 0.25) is 0 Å². The Balaban J connectivity index is 1.86. The molecule has 0 fully saturated rings. The molecule has 0 saturated heterocycles. The van der Waals surface area contributed by atoms with Crippen molar-refractivity contribution in [1.29, 1.82) is 5.26 Å². The maximum absolute atomic E-state index is 12.7. The molecule has 0 spiro atoms. The monoisotopic (exact) mass is 538 g/mol. The van der Waals surface area contributed by atoms with Crippen LogP contribution in [0, 0.1) is 11.3 Å². The third kappa shape index (κ3) is 6.30. The van der Waals surface area contributed by atoms with E-state index in [1.807, 2.05) is 72.8 Å². The Morgan fingerprint density at radius 1 is 1.06 bits per heavy atom. The lowest BCUT2D eigenvalue weighted by Gasteiger charge is -2.13. The van der Waals surface area contributed by atoms with Crippen molar-refractivity contribution in [3.05, 3.63) is 97.9 Å². The van der Waals surface area contributed by atoms with Gasteiger partial charge >= 0.3 is 0 Å². The van der Waals surface area contributed by atoms with Gasteiger partial charge in [0.1, 0.15) is 24.0 Å². The molecule has 0 unspecified atom stereocenters. The zero-order valence-electron chi connectivity index (χ0n) is 16.9. The second kappa shape index (κ2) is 10.9. The number of ether oxygens (including phenoxy) is 1. The van der Waals surface area contributed by atoms with Crippen molar-refractivity contribution in [1.82, 2.24) is 0 Å². The zero-order chi connectivity index (χ0) is 22.2. The Hall–Kier alpha value is -2.88. The zero-order valence-corrected chi connectivity index (χ0v) is 20.0. The molecule has 0 atom stereocenters. The lowest BCUT2D eigenvalue weighted by Crippen LogP contribution is -2.13. The molecule has 4 nitrogen and oxygen atoms in total. The molecule has 0 radical (unpaired) electrons. The van der Waals surface area contributed by atoms with E-state index in [1.165, 1.54) is 11.6 Å². The van der Waals surface area contributed by atoms with Crippen LogP contribution in [0.25, 0.3) is 6.08 Å². The smallest absolute Gasteiger partial charge is 0.266 e. The largest absolute Gasteiger partial charge is 0.487 e. The van der Waals surface area contributed by atoms with Crippen LogP contribution in [0.15, 0.2) is 81.2 Å². The summed E-state index contributed by atoms with van der Waals surface area (Å²) in [4.78, 5) is 12.7. The third-order valence-electron chi connectivity index (χ3n) is 4.55. The molecule has 3 aromatic carbocycles. The first-order valence-electron chi connectivity index (χ1n) is 9.68. The molecule has 3 aromatic rings.